The van der Waals surface area contributed by atoms with E-state index in [1.54, 1.807) is 0 Å². The molecule has 0 aliphatic carbocycles. The first-order valence-electron chi connectivity index (χ1n) is 8.65. The Morgan fingerprint density at radius 3 is 2.80 bits per heavy atom. The minimum Gasteiger partial charge on any atom is -0.355 e. The highest BCUT2D eigenvalue weighted by atomic mass is 15.3. The molecule has 3 aromatic heterocycles. The van der Waals surface area contributed by atoms with Crippen molar-refractivity contribution in [1.82, 2.24) is 24.6 Å². The second-order valence-corrected chi connectivity index (χ2v) is 6.49. The maximum absolute atomic E-state index is 4.80. The Kier molecular flexibility index (Phi) is 3.33. The van der Waals surface area contributed by atoms with Gasteiger partial charge in [0.1, 0.15) is 11.6 Å². The lowest BCUT2D eigenvalue weighted by Gasteiger charge is -2.32. The fourth-order valence-electron chi connectivity index (χ4n) is 3.63. The molecule has 1 aliphatic heterocycles. The molecule has 0 amide bonds. The van der Waals surface area contributed by atoms with E-state index in [-0.39, 0.29) is 0 Å². The molecule has 1 saturated heterocycles. The number of piperidine rings is 1. The topological polar surface area (TPSA) is 59.2 Å². The predicted octanol–water partition coefficient (Wildman–Crippen LogP) is 3.06. The molecule has 1 aliphatic rings. The quantitative estimate of drug-likeness (QED) is 0.565. The first-order chi connectivity index (χ1) is 12.4. The summed E-state index contributed by atoms with van der Waals surface area (Å²) in [5.41, 5.74) is 2.78. The van der Waals surface area contributed by atoms with E-state index in [4.69, 9.17) is 4.98 Å². The molecule has 0 saturated carbocycles. The van der Waals surface area contributed by atoms with Crippen molar-refractivity contribution in [1.29, 1.82) is 0 Å². The van der Waals surface area contributed by atoms with Crippen LogP contribution in [0.15, 0.2) is 54.9 Å². The zero-order valence-corrected chi connectivity index (χ0v) is 13.8. The Morgan fingerprint density at radius 1 is 0.960 bits per heavy atom. The molecule has 6 heteroatoms. The zero-order chi connectivity index (χ0) is 16.6. The van der Waals surface area contributed by atoms with Gasteiger partial charge in [0.2, 0.25) is 0 Å². The van der Waals surface area contributed by atoms with Crippen LogP contribution in [0.5, 0.6) is 0 Å². The van der Waals surface area contributed by atoms with Crippen molar-refractivity contribution < 1.29 is 0 Å². The molecule has 1 aromatic carbocycles. The van der Waals surface area contributed by atoms with Crippen LogP contribution < -0.4 is 4.90 Å². The lowest BCUT2D eigenvalue weighted by molar-refractivity contribution is 0.486. The van der Waals surface area contributed by atoms with Gasteiger partial charge in [-0.2, -0.15) is 0 Å². The first-order valence-corrected chi connectivity index (χ1v) is 8.65. The molecule has 4 heterocycles. The zero-order valence-electron chi connectivity index (χ0n) is 13.8. The number of fused-ring (bicyclic) bond motifs is 2. The van der Waals surface area contributed by atoms with E-state index < -0.39 is 0 Å². The molecular weight excluding hydrogens is 312 g/mol. The van der Waals surface area contributed by atoms with Crippen LogP contribution in [0.3, 0.4) is 0 Å². The SMILES string of the molecule is c1ccc2nc(N3CCC[C@H](c4nnc5ccccn45)C3)cnc2c1. The van der Waals surface area contributed by atoms with E-state index in [2.05, 4.69) is 24.5 Å². The molecule has 124 valence electrons. The van der Waals surface area contributed by atoms with Crippen molar-refractivity contribution in [3.63, 3.8) is 0 Å². The van der Waals surface area contributed by atoms with Gasteiger partial charge < -0.3 is 4.90 Å². The molecule has 0 unspecified atom stereocenters. The average Bonchev–Trinajstić information content (AvgIpc) is 3.12. The summed E-state index contributed by atoms with van der Waals surface area (Å²) in [6, 6.07) is 14.0. The van der Waals surface area contributed by atoms with Crippen molar-refractivity contribution in [2.45, 2.75) is 18.8 Å². The summed E-state index contributed by atoms with van der Waals surface area (Å²) >= 11 is 0. The van der Waals surface area contributed by atoms with Crippen LogP contribution in [-0.4, -0.2) is 37.7 Å². The number of nitrogens with zero attached hydrogens (tertiary/aromatic N) is 6. The van der Waals surface area contributed by atoms with Crippen LogP contribution in [-0.2, 0) is 0 Å². The van der Waals surface area contributed by atoms with E-state index in [1.165, 1.54) is 0 Å². The molecule has 1 fully saturated rings. The molecule has 0 radical (unpaired) electrons. The van der Waals surface area contributed by atoms with E-state index in [0.29, 0.717) is 5.92 Å². The molecule has 6 nitrogen and oxygen atoms in total. The number of hydrogen-bond donors (Lipinski definition) is 0. The minimum absolute atomic E-state index is 0.347. The van der Waals surface area contributed by atoms with Gasteiger partial charge in [-0.1, -0.05) is 18.2 Å². The second kappa shape index (κ2) is 5.81. The number of anilines is 1. The molecule has 25 heavy (non-hydrogen) atoms. The highest BCUT2D eigenvalue weighted by Gasteiger charge is 2.26. The van der Waals surface area contributed by atoms with Gasteiger partial charge in [0, 0.05) is 25.2 Å². The second-order valence-electron chi connectivity index (χ2n) is 6.49. The fraction of sp³-hybridized carbons (Fsp3) is 0.263. The molecule has 4 aromatic rings. The number of aromatic nitrogens is 5. The Bertz CT molecular complexity index is 1040. The maximum atomic E-state index is 4.80. The summed E-state index contributed by atoms with van der Waals surface area (Å²) in [5, 5.41) is 8.75. The van der Waals surface area contributed by atoms with Crippen LogP contribution in [0.25, 0.3) is 16.7 Å². The van der Waals surface area contributed by atoms with Crippen LogP contribution in [0.4, 0.5) is 5.82 Å². The number of rotatable bonds is 2. The normalized spacial score (nSPS) is 18.1. The molecule has 1 atom stereocenters. The first kappa shape index (κ1) is 14.3. The lowest BCUT2D eigenvalue weighted by Crippen LogP contribution is -2.35. The summed E-state index contributed by atoms with van der Waals surface area (Å²) in [6.07, 6.45) is 6.15. The van der Waals surface area contributed by atoms with Crippen molar-refractivity contribution in [3.05, 3.63) is 60.7 Å². The Morgan fingerprint density at radius 2 is 1.84 bits per heavy atom. The third-order valence-corrected chi connectivity index (χ3v) is 4.89. The van der Waals surface area contributed by atoms with Gasteiger partial charge in [0.15, 0.2) is 5.65 Å². The number of pyridine rings is 1. The van der Waals surface area contributed by atoms with Gasteiger partial charge in [0.25, 0.3) is 0 Å². The van der Waals surface area contributed by atoms with E-state index in [1.807, 2.05) is 54.9 Å². The monoisotopic (exact) mass is 330 g/mol. The van der Waals surface area contributed by atoms with Crippen LogP contribution >= 0.6 is 0 Å². The van der Waals surface area contributed by atoms with E-state index in [9.17, 15) is 0 Å². The Labute approximate surface area is 145 Å². The van der Waals surface area contributed by atoms with Crippen LogP contribution in [0, 0.1) is 0 Å². The van der Waals surface area contributed by atoms with Gasteiger partial charge in [-0.3, -0.25) is 9.38 Å². The molecule has 5 rings (SSSR count). The van der Waals surface area contributed by atoms with E-state index in [0.717, 1.165) is 54.3 Å². The summed E-state index contributed by atoms with van der Waals surface area (Å²) in [7, 11) is 0. The van der Waals surface area contributed by atoms with Gasteiger partial charge in [-0.15, -0.1) is 10.2 Å². The summed E-state index contributed by atoms with van der Waals surface area (Å²) in [5.74, 6) is 2.32. The molecular formula is C19H18N6. The molecule has 0 N–H and O–H groups in total. The highest BCUT2D eigenvalue weighted by molar-refractivity contribution is 5.75. The fourth-order valence-corrected chi connectivity index (χ4v) is 3.63. The van der Waals surface area contributed by atoms with Gasteiger partial charge in [-0.25, -0.2) is 4.98 Å². The van der Waals surface area contributed by atoms with Gasteiger partial charge in [0.05, 0.1) is 17.2 Å². The third kappa shape index (κ3) is 2.50. The lowest BCUT2D eigenvalue weighted by atomic mass is 9.97. The van der Waals surface area contributed by atoms with Crippen LogP contribution in [0.1, 0.15) is 24.6 Å². The van der Waals surface area contributed by atoms with Gasteiger partial charge >= 0.3 is 0 Å². The van der Waals surface area contributed by atoms with Crippen molar-refractivity contribution in [2.75, 3.05) is 18.0 Å². The van der Waals surface area contributed by atoms with Crippen molar-refractivity contribution in [2.24, 2.45) is 0 Å². The van der Waals surface area contributed by atoms with Crippen LogP contribution in [0.2, 0.25) is 0 Å². The van der Waals surface area contributed by atoms with Crippen molar-refractivity contribution >= 4 is 22.5 Å². The summed E-state index contributed by atoms with van der Waals surface area (Å²) in [4.78, 5) is 11.7. The average molecular weight is 330 g/mol. The maximum Gasteiger partial charge on any atom is 0.160 e. The number of hydrogen-bond acceptors (Lipinski definition) is 5. The Hall–Kier alpha value is -3.02. The minimum atomic E-state index is 0.347. The Balaban J connectivity index is 1.47. The predicted molar refractivity (Wildman–Crippen MR) is 96.7 cm³/mol. The summed E-state index contributed by atoms with van der Waals surface area (Å²) < 4.78 is 2.10. The molecule has 0 bridgehead atoms. The largest absolute Gasteiger partial charge is 0.355 e. The number of para-hydroxylation sites is 2. The highest BCUT2D eigenvalue weighted by Crippen LogP contribution is 2.28. The third-order valence-electron chi connectivity index (χ3n) is 4.89. The van der Waals surface area contributed by atoms with E-state index >= 15 is 0 Å². The molecule has 0 spiro atoms. The van der Waals surface area contributed by atoms with Gasteiger partial charge in [-0.05, 0) is 37.1 Å². The smallest absolute Gasteiger partial charge is 0.160 e. The number of benzene rings is 1. The van der Waals surface area contributed by atoms with Crippen molar-refractivity contribution in [3.8, 4) is 0 Å². The summed E-state index contributed by atoms with van der Waals surface area (Å²) in [6.45, 7) is 1.89. The standard InChI is InChI=1S/C19H18N6/c1-2-8-16-15(7-1)20-12-18(21-16)24-10-5-6-14(13-24)19-23-22-17-9-3-4-11-25(17)19/h1-4,7-9,11-12,14H,5-6,10,13H2/t14-/m0/s1.